The highest BCUT2D eigenvalue weighted by atomic mass is 19.1. The lowest BCUT2D eigenvalue weighted by Gasteiger charge is -2.14. The van der Waals surface area contributed by atoms with Crippen LogP contribution in [0.1, 0.15) is 17.5 Å². The molecule has 4 N–H and O–H groups in total. The number of carbonyl (C=O) groups excluding carboxylic acids is 1. The van der Waals surface area contributed by atoms with Crippen molar-refractivity contribution in [2.75, 3.05) is 13.2 Å². The Balaban J connectivity index is 2.41. The number of urea groups is 1. The van der Waals surface area contributed by atoms with Crippen molar-refractivity contribution in [3.8, 4) is 0 Å². The second kappa shape index (κ2) is 8.21. The summed E-state index contributed by atoms with van der Waals surface area (Å²) in [5.74, 6) is -1.51. The quantitative estimate of drug-likeness (QED) is 0.598. The number of carboxylic acid groups (broad SMARTS) is 1. The Hall–Kier alpha value is -2.15. The van der Waals surface area contributed by atoms with E-state index in [0.717, 1.165) is 11.1 Å². The Morgan fingerprint density at radius 3 is 2.67 bits per heavy atom. The monoisotopic (exact) mass is 298 g/mol. The van der Waals surface area contributed by atoms with E-state index < -0.39 is 18.0 Å². The van der Waals surface area contributed by atoms with Crippen LogP contribution in [-0.2, 0) is 11.2 Å². The van der Waals surface area contributed by atoms with Crippen LogP contribution in [0.3, 0.4) is 0 Å². The van der Waals surface area contributed by atoms with Gasteiger partial charge in [0.25, 0.3) is 0 Å². The van der Waals surface area contributed by atoms with Crippen LogP contribution in [0, 0.1) is 12.7 Å². The number of carbonyl (C=O) groups is 2. The lowest BCUT2D eigenvalue weighted by molar-refractivity contribution is -0.139. The van der Waals surface area contributed by atoms with Crippen LogP contribution in [0.2, 0.25) is 0 Å². The number of benzene rings is 1. The molecule has 1 aromatic carbocycles. The number of aliphatic hydroxyl groups is 1. The van der Waals surface area contributed by atoms with Crippen molar-refractivity contribution in [1.29, 1.82) is 0 Å². The molecule has 0 aromatic heterocycles. The zero-order valence-electron chi connectivity index (χ0n) is 11.7. The van der Waals surface area contributed by atoms with Gasteiger partial charge in [-0.25, -0.2) is 14.0 Å². The van der Waals surface area contributed by atoms with Gasteiger partial charge < -0.3 is 20.8 Å². The van der Waals surface area contributed by atoms with E-state index in [1.54, 1.807) is 13.0 Å². The number of nitrogens with one attached hydrogen (secondary N) is 2. The van der Waals surface area contributed by atoms with Gasteiger partial charge in [-0.1, -0.05) is 6.07 Å². The van der Waals surface area contributed by atoms with Crippen LogP contribution in [-0.4, -0.2) is 41.4 Å². The summed E-state index contributed by atoms with van der Waals surface area (Å²) in [6.45, 7) is 1.75. The molecular weight excluding hydrogens is 279 g/mol. The predicted octanol–water partition coefficient (Wildman–Crippen LogP) is 0.811. The van der Waals surface area contributed by atoms with Crippen molar-refractivity contribution < 1.29 is 24.2 Å². The number of amides is 2. The molecule has 0 aliphatic carbocycles. The minimum atomic E-state index is -1.20. The molecule has 0 fully saturated rings. The SMILES string of the molecule is Cc1cc(F)ccc1CCNC(=O)N[C@@H](CCO)C(=O)O. The fourth-order valence-electron chi connectivity index (χ4n) is 1.85. The highest BCUT2D eigenvalue weighted by molar-refractivity contribution is 5.82. The van der Waals surface area contributed by atoms with Gasteiger partial charge in [0.1, 0.15) is 11.9 Å². The lowest BCUT2D eigenvalue weighted by atomic mass is 10.1. The van der Waals surface area contributed by atoms with Gasteiger partial charge in [0.15, 0.2) is 0 Å². The van der Waals surface area contributed by atoms with Crippen molar-refractivity contribution in [1.82, 2.24) is 10.6 Å². The van der Waals surface area contributed by atoms with Crippen molar-refractivity contribution in [2.45, 2.75) is 25.8 Å². The molecule has 0 bridgehead atoms. The van der Waals surface area contributed by atoms with E-state index >= 15 is 0 Å². The van der Waals surface area contributed by atoms with E-state index in [-0.39, 0.29) is 18.8 Å². The zero-order valence-corrected chi connectivity index (χ0v) is 11.7. The first-order chi connectivity index (χ1) is 9.93. The first-order valence-electron chi connectivity index (χ1n) is 6.57. The first kappa shape index (κ1) is 16.9. The molecule has 21 heavy (non-hydrogen) atoms. The molecule has 1 atom stereocenters. The Morgan fingerprint density at radius 2 is 2.10 bits per heavy atom. The van der Waals surface area contributed by atoms with Crippen molar-refractivity contribution in [2.24, 2.45) is 0 Å². The topological polar surface area (TPSA) is 98.7 Å². The van der Waals surface area contributed by atoms with E-state index in [9.17, 15) is 14.0 Å². The molecule has 0 saturated carbocycles. The minimum absolute atomic E-state index is 0.0557. The van der Waals surface area contributed by atoms with Gasteiger partial charge in [-0.15, -0.1) is 0 Å². The summed E-state index contributed by atoms with van der Waals surface area (Å²) in [7, 11) is 0. The standard InChI is InChI=1S/C14H19FN2O4/c1-9-8-11(15)3-2-10(9)4-6-16-14(21)17-12(5-7-18)13(19)20/h2-3,8,12,18H,4-7H2,1H3,(H,19,20)(H2,16,17,21)/t12-/m0/s1. The van der Waals surface area contributed by atoms with Crippen molar-refractivity contribution >= 4 is 12.0 Å². The van der Waals surface area contributed by atoms with Gasteiger partial charge >= 0.3 is 12.0 Å². The Labute approximate surface area is 122 Å². The molecule has 6 nitrogen and oxygen atoms in total. The molecule has 0 aliphatic rings. The van der Waals surface area contributed by atoms with Crippen LogP contribution in [0.5, 0.6) is 0 Å². The molecule has 1 rings (SSSR count). The number of aliphatic carboxylic acids is 1. The van der Waals surface area contributed by atoms with Crippen LogP contribution in [0.4, 0.5) is 9.18 Å². The summed E-state index contributed by atoms with van der Waals surface area (Å²) in [5.41, 5.74) is 1.70. The van der Waals surface area contributed by atoms with E-state index in [4.69, 9.17) is 10.2 Å². The predicted molar refractivity (Wildman–Crippen MR) is 74.5 cm³/mol. The molecule has 0 aliphatic heterocycles. The number of hydrogen-bond acceptors (Lipinski definition) is 3. The molecule has 1 aromatic rings. The summed E-state index contributed by atoms with van der Waals surface area (Å²) >= 11 is 0. The van der Waals surface area contributed by atoms with Crippen LogP contribution in [0.25, 0.3) is 0 Å². The Kier molecular flexibility index (Phi) is 6.61. The third-order valence-corrected chi connectivity index (χ3v) is 3.01. The average Bonchev–Trinajstić information content (AvgIpc) is 2.40. The van der Waals surface area contributed by atoms with Gasteiger partial charge in [0, 0.05) is 19.6 Å². The van der Waals surface area contributed by atoms with Gasteiger partial charge in [0.05, 0.1) is 0 Å². The largest absolute Gasteiger partial charge is 0.480 e. The molecule has 0 radical (unpaired) electrons. The third-order valence-electron chi connectivity index (χ3n) is 3.01. The number of halogens is 1. The molecule has 0 spiro atoms. The number of carboxylic acids is 1. The normalized spacial score (nSPS) is 11.8. The number of hydrogen-bond donors (Lipinski definition) is 4. The first-order valence-corrected chi connectivity index (χ1v) is 6.57. The highest BCUT2D eigenvalue weighted by Gasteiger charge is 2.18. The zero-order chi connectivity index (χ0) is 15.8. The Morgan fingerprint density at radius 1 is 1.38 bits per heavy atom. The maximum atomic E-state index is 12.9. The van der Waals surface area contributed by atoms with E-state index in [2.05, 4.69) is 10.6 Å². The summed E-state index contributed by atoms with van der Waals surface area (Å²) in [6, 6.07) is 2.68. The van der Waals surface area contributed by atoms with Crippen LogP contribution in [0.15, 0.2) is 18.2 Å². The second-order valence-corrected chi connectivity index (χ2v) is 4.62. The Bertz CT molecular complexity index is 508. The van der Waals surface area contributed by atoms with E-state index in [0.29, 0.717) is 13.0 Å². The summed E-state index contributed by atoms with van der Waals surface area (Å²) in [6.07, 6.45) is 0.455. The maximum absolute atomic E-state index is 12.9. The second-order valence-electron chi connectivity index (χ2n) is 4.62. The molecule has 0 saturated heterocycles. The number of rotatable bonds is 7. The molecule has 7 heteroatoms. The van der Waals surface area contributed by atoms with Gasteiger partial charge in [-0.3, -0.25) is 0 Å². The van der Waals surface area contributed by atoms with Crippen molar-refractivity contribution in [3.05, 3.63) is 35.1 Å². The maximum Gasteiger partial charge on any atom is 0.326 e. The van der Waals surface area contributed by atoms with Crippen LogP contribution < -0.4 is 10.6 Å². The minimum Gasteiger partial charge on any atom is -0.480 e. The average molecular weight is 298 g/mol. The molecule has 2 amide bonds. The third kappa shape index (κ3) is 5.78. The van der Waals surface area contributed by atoms with Crippen LogP contribution >= 0.6 is 0 Å². The lowest BCUT2D eigenvalue weighted by Crippen LogP contribution is -2.46. The van der Waals surface area contributed by atoms with Gasteiger partial charge in [-0.2, -0.15) is 0 Å². The van der Waals surface area contributed by atoms with E-state index in [1.165, 1.54) is 12.1 Å². The van der Waals surface area contributed by atoms with Gasteiger partial charge in [0.2, 0.25) is 0 Å². The molecular formula is C14H19FN2O4. The molecule has 0 unspecified atom stereocenters. The number of aliphatic hydroxyl groups excluding tert-OH is 1. The fraction of sp³-hybridized carbons (Fsp3) is 0.429. The summed E-state index contributed by atoms with van der Waals surface area (Å²) in [4.78, 5) is 22.3. The smallest absolute Gasteiger partial charge is 0.326 e. The fourth-order valence-corrected chi connectivity index (χ4v) is 1.85. The van der Waals surface area contributed by atoms with Gasteiger partial charge in [-0.05, 0) is 36.6 Å². The molecule has 116 valence electrons. The highest BCUT2D eigenvalue weighted by Crippen LogP contribution is 2.10. The number of aryl methyl sites for hydroxylation is 1. The summed E-state index contributed by atoms with van der Waals surface area (Å²) in [5, 5.41) is 22.3. The summed E-state index contributed by atoms with van der Waals surface area (Å²) < 4.78 is 12.9. The van der Waals surface area contributed by atoms with E-state index in [1.807, 2.05) is 0 Å². The van der Waals surface area contributed by atoms with Crippen molar-refractivity contribution in [3.63, 3.8) is 0 Å². The molecule has 0 heterocycles.